The minimum Gasteiger partial charge on any atom is -0.454 e. The molecule has 1 fully saturated rings. The fourth-order valence-electron chi connectivity index (χ4n) is 2.90. The zero-order valence-electron chi connectivity index (χ0n) is 13.0. The summed E-state index contributed by atoms with van der Waals surface area (Å²) in [7, 11) is 0. The number of carbonyl (C=O) groups is 1. The SMILES string of the molecule is O=C(c1cc(F)cc(-c2ccc3c(c2)OCO3)c1)N1CCOCC1. The van der Waals surface area contributed by atoms with Crippen LogP contribution in [0.2, 0.25) is 0 Å². The molecule has 2 aliphatic heterocycles. The highest BCUT2D eigenvalue weighted by Gasteiger charge is 2.20. The molecule has 4 rings (SSSR count). The van der Waals surface area contributed by atoms with Crippen molar-refractivity contribution in [2.24, 2.45) is 0 Å². The molecule has 1 amide bonds. The molecule has 0 N–H and O–H groups in total. The molecule has 1 saturated heterocycles. The lowest BCUT2D eigenvalue weighted by atomic mass is 10.0. The molecule has 0 aromatic heterocycles. The van der Waals surface area contributed by atoms with Crippen LogP contribution in [0, 0.1) is 5.82 Å². The predicted molar refractivity (Wildman–Crippen MR) is 84.7 cm³/mol. The Labute approximate surface area is 138 Å². The Morgan fingerprint density at radius 2 is 1.75 bits per heavy atom. The van der Waals surface area contributed by atoms with E-state index in [0.717, 1.165) is 5.56 Å². The van der Waals surface area contributed by atoms with Crippen molar-refractivity contribution in [2.45, 2.75) is 0 Å². The predicted octanol–water partition coefficient (Wildman–Crippen LogP) is 2.69. The van der Waals surface area contributed by atoms with Crippen LogP contribution in [0.15, 0.2) is 36.4 Å². The Morgan fingerprint density at radius 3 is 2.58 bits per heavy atom. The highest BCUT2D eigenvalue weighted by Crippen LogP contribution is 2.36. The Bertz CT molecular complexity index is 787. The molecular weight excluding hydrogens is 313 g/mol. The van der Waals surface area contributed by atoms with Crippen molar-refractivity contribution >= 4 is 5.91 Å². The Kier molecular flexibility index (Phi) is 3.82. The lowest BCUT2D eigenvalue weighted by molar-refractivity contribution is 0.0302. The highest BCUT2D eigenvalue weighted by atomic mass is 19.1. The normalized spacial score (nSPS) is 16.3. The molecule has 0 unspecified atom stereocenters. The summed E-state index contributed by atoms with van der Waals surface area (Å²) in [6.07, 6.45) is 0. The van der Waals surface area contributed by atoms with E-state index in [1.54, 1.807) is 23.1 Å². The van der Waals surface area contributed by atoms with Crippen molar-refractivity contribution in [3.63, 3.8) is 0 Å². The van der Waals surface area contributed by atoms with Crippen LogP contribution in [0.5, 0.6) is 11.5 Å². The molecule has 0 atom stereocenters. The van der Waals surface area contributed by atoms with E-state index in [1.807, 2.05) is 6.07 Å². The van der Waals surface area contributed by atoms with E-state index in [0.29, 0.717) is 48.9 Å². The van der Waals surface area contributed by atoms with Crippen LogP contribution in [0.4, 0.5) is 4.39 Å². The average molecular weight is 329 g/mol. The molecule has 2 aliphatic rings. The number of halogens is 1. The maximum Gasteiger partial charge on any atom is 0.254 e. The fourth-order valence-corrected chi connectivity index (χ4v) is 2.90. The van der Waals surface area contributed by atoms with E-state index in [-0.39, 0.29) is 12.7 Å². The average Bonchev–Trinajstić information content (AvgIpc) is 3.09. The number of hydrogen-bond acceptors (Lipinski definition) is 4. The third kappa shape index (κ3) is 2.80. The number of carbonyl (C=O) groups excluding carboxylic acids is 1. The third-order valence-electron chi connectivity index (χ3n) is 4.15. The molecule has 0 spiro atoms. The number of fused-ring (bicyclic) bond motifs is 1. The first-order chi connectivity index (χ1) is 11.7. The number of nitrogens with zero attached hydrogens (tertiary/aromatic N) is 1. The van der Waals surface area contributed by atoms with E-state index >= 15 is 0 Å². The van der Waals surface area contributed by atoms with Crippen LogP contribution < -0.4 is 9.47 Å². The van der Waals surface area contributed by atoms with Crippen molar-refractivity contribution in [1.29, 1.82) is 0 Å². The summed E-state index contributed by atoms with van der Waals surface area (Å²) in [6, 6.07) is 9.79. The minimum atomic E-state index is -0.443. The van der Waals surface area contributed by atoms with Gasteiger partial charge in [0.05, 0.1) is 13.2 Å². The number of morpholine rings is 1. The summed E-state index contributed by atoms with van der Waals surface area (Å²) in [5.74, 6) is 0.666. The summed E-state index contributed by atoms with van der Waals surface area (Å²) >= 11 is 0. The summed E-state index contributed by atoms with van der Waals surface area (Å²) in [6.45, 7) is 2.25. The summed E-state index contributed by atoms with van der Waals surface area (Å²) < 4.78 is 30.0. The second-order valence-corrected chi connectivity index (χ2v) is 5.70. The van der Waals surface area contributed by atoms with Gasteiger partial charge in [-0.15, -0.1) is 0 Å². The van der Waals surface area contributed by atoms with Crippen molar-refractivity contribution in [2.75, 3.05) is 33.1 Å². The summed E-state index contributed by atoms with van der Waals surface area (Å²) in [5.41, 5.74) is 1.74. The zero-order chi connectivity index (χ0) is 16.5. The lowest BCUT2D eigenvalue weighted by Gasteiger charge is -2.27. The highest BCUT2D eigenvalue weighted by molar-refractivity contribution is 5.95. The van der Waals surface area contributed by atoms with Crippen LogP contribution >= 0.6 is 0 Å². The van der Waals surface area contributed by atoms with Gasteiger partial charge in [0.15, 0.2) is 11.5 Å². The van der Waals surface area contributed by atoms with Gasteiger partial charge in [-0.2, -0.15) is 0 Å². The fraction of sp³-hybridized carbons (Fsp3) is 0.278. The van der Waals surface area contributed by atoms with Crippen molar-refractivity contribution in [1.82, 2.24) is 4.90 Å². The van der Waals surface area contributed by atoms with E-state index in [4.69, 9.17) is 14.2 Å². The Balaban J connectivity index is 1.67. The van der Waals surface area contributed by atoms with E-state index in [1.165, 1.54) is 12.1 Å². The van der Waals surface area contributed by atoms with Crippen LogP contribution in [0.25, 0.3) is 11.1 Å². The molecule has 124 valence electrons. The molecule has 0 saturated carbocycles. The first kappa shape index (κ1) is 15.0. The molecule has 0 bridgehead atoms. The summed E-state index contributed by atoms with van der Waals surface area (Å²) in [5, 5.41) is 0. The van der Waals surface area contributed by atoms with Crippen molar-refractivity contribution in [3.05, 3.63) is 47.8 Å². The zero-order valence-corrected chi connectivity index (χ0v) is 13.0. The van der Waals surface area contributed by atoms with Crippen LogP contribution in [-0.4, -0.2) is 43.9 Å². The maximum atomic E-state index is 14.1. The van der Waals surface area contributed by atoms with Crippen LogP contribution in [0.3, 0.4) is 0 Å². The number of rotatable bonds is 2. The Hall–Kier alpha value is -2.60. The third-order valence-corrected chi connectivity index (χ3v) is 4.15. The molecule has 2 heterocycles. The first-order valence-corrected chi connectivity index (χ1v) is 7.78. The van der Waals surface area contributed by atoms with Gasteiger partial charge in [-0.25, -0.2) is 4.39 Å². The Morgan fingerprint density at radius 1 is 0.958 bits per heavy atom. The smallest absolute Gasteiger partial charge is 0.254 e. The van der Waals surface area contributed by atoms with Gasteiger partial charge in [0.25, 0.3) is 5.91 Å². The lowest BCUT2D eigenvalue weighted by Crippen LogP contribution is -2.40. The second kappa shape index (κ2) is 6.13. The number of ether oxygens (including phenoxy) is 3. The minimum absolute atomic E-state index is 0.181. The van der Waals surface area contributed by atoms with Gasteiger partial charge in [0, 0.05) is 18.7 Å². The number of hydrogen-bond donors (Lipinski definition) is 0. The molecule has 24 heavy (non-hydrogen) atoms. The molecule has 0 radical (unpaired) electrons. The quantitative estimate of drug-likeness (QED) is 0.850. The standard InChI is InChI=1S/C18H16FNO4/c19-15-8-13(12-1-2-16-17(10-12)24-11-23-16)7-14(9-15)18(21)20-3-5-22-6-4-20/h1-2,7-10H,3-6,11H2. The van der Waals surface area contributed by atoms with E-state index in [2.05, 4.69) is 0 Å². The molecular formula is C18H16FNO4. The molecule has 0 aliphatic carbocycles. The number of amides is 1. The van der Waals surface area contributed by atoms with Crippen molar-refractivity contribution in [3.8, 4) is 22.6 Å². The van der Waals surface area contributed by atoms with Gasteiger partial charge in [0.1, 0.15) is 5.82 Å². The molecule has 5 nitrogen and oxygen atoms in total. The molecule has 6 heteroatoms. The van der Waals surface area contributed by atoms with Crippen molar-refractivity contribution < 1.29 is 23.4 Å². The second-order valence-electron chi connectivity index (χ2n) is 5.70. The maximum absolute atomic E-state index is 14.1. The largest absolute Gasteiger partial charge is 0.454 e. The first-order valence-electron chi connectivity index (χ1n) is 7.78. The van der Waals surface area contributed by atoms with Gasteiger partial charge in [0.2, 0.25) is 6.79 Å². The summed E-state index contributed by atoms with van der Waals surface area (Å²) in [4.78, 5) is 14.3. The van der Waals surface area contributed by atoms with Gasteiger partial charge in [-0.1, -0.05) is 6.07 Å². The monoisotopic (exact) mass is 329 g/mol. The van der Waals surface area contributed by atoms with Crippen LogP contribution in [0.1, 0.15) is 10.4 Å². The van der Waals surface area contributed by atoms with E-state index in [9.17, 15) is 9.18 Å². The van der Waals surface area contributed by atoms with Gasteiger partial charge in [-0.3, -0.25) is 4.79 Å². The van der Waals surface area contributed by atoms with Crippen LogP contribution in [-0.2, 0) is 4.74 Å². The molecule has 2 aromatic carbocycles. The topological polar surface area (TPSA) is 48.0 Å². The number of benzene rings is 2. The van der Waals surface area contributed by atoms with E-state index < -0.39 is 5.82 Å². The van der Waals surface area contributed by atoms with Gasteiger partial charge >= 0.3 is 0 Å². The van der Waals surface area contributed by atoms with Gasteiger partial charge in [-0.05, 0) is 41.5 Å². The van der Waals surface area contributed by atoms with Gasteiger partial charge < -0.3 is 19.1 Å². The molecule has 2 aromatic rings.